The third-order valence-corrected chi connectivity index (χ3v) is 2.15. The van der Waals surface area contributed by atoms with E-state index in [0.29, 0.717) is 0 Å². The van der Waals surface area contributed by atoms with E-state index >= 15 is 0 Å². The number of benzene rings is 1. The van der Waals surface area contributed by atoms with E-state index in [0.717, 1.165) is 0 Å². The van der Waals surface area contributed by atoms with Gasteiger partial charge in [0.05, 0.1) is 4.11 Å². The lowest BCUT2D eigenvalue weighted by molar-refractivity contribution is -0.144. The van der Waals surface area contributed by atoms with E-state index in [2.05, 4.69) is 5.43 Å². The van der Waals surface area contributed by atoms with Crippen LogP contribution < -0.4 is 11.3 Å². The molecule has 1 aromatic carbocycles. The van der Waals surface area contributed by atoms with E-state index in [1.165, 1.54) is 6.92 Å². The van der Waals surface area contributed by atoms with Crippen LogP contribution in [0.25, 0.3) is 0 Å². The van der Waals surface area contributed by atoms with E-state index in [-0.39, 0.29) is 5.56 Å². The van der Waals surface area contributed by atoms with Gasteiger partial charge in [0.2, 0.25) is 0 Å². The van der Waals surface area contributed by atoms with Crippen molar-refractivity contribution in [1.82, 2.24) is 5.43 Å². The smallest absolute Gasteiger partial charge is 0.325 e. The van der Waals surface area contributed by atoms with Gasteiger partial charge < -0.3 is 15.3 Å². The van der Waals surface area contributed by atoms with Crippen molar-refractivity contribution in [3.63, 3.8) is 0 Å². The maximum atomic E-state index is 11.1. The van der Waals surface area contributed by atoms with Crippen molar-refractivity contribution in [3.8, 4) is 11.5 Å². The number of carboxylic acid groups (broad SMARTS) is 1. The Morgan fingerprint density at radius 2 is 2.19 bits per heavy atom. The molecule has 0 aromatic heterocycles. The highest BCUT2D eigenvalue weighted by molar-refractivity contribution is 5.78. The lowest BCUT2D eigenvalue weighted by Gasteiger charge is -2.23. The average Bonchev–Trinajstić information content (AvgIpc) is 2.38. The van der Waals surface area contributed by atoms with Crippen LogP contribution >= 0.6 is 0 Å². The summed E-state index contributed by atoms with van der Waals surface area (Å²) in [5.74, 6) is 2.10. The molecule has 16 heavy (non-hydrogen) atoms. The van der Waals surface area contributed by atoms with Gasteiger partial charge in [0.1, 0.15) is 5.54 Å². The molecule has 0 saturated carbocycles. The van der Waals surface area contributed by atoms with E-state index < -0.39 is 47.6 Å². The number of aromatic hydroxyl groups is 2. The lowest BCUT2D eigenvalue weighted by Crippen LogP contribution is -2.54. The van der Waals surface area contributed by atoms with Crippen LogP contribution in [0.3, 0.4) is 0 Å². The molecule has 0 radical (unpaired) electrons. The monoisotopic (exact) mass is 229 g/mol. The van der Waals surface area contributed by atoms with E-state index in [1.54, 1.807) is 0 Å². The lowest BCUT2D eigenvalue weighted by atomic mass is 9.93. The first-order valence-electron chi connectivity index (χ1n) is 5.87. The second-order valence-electron chi connectivity index (χ2n) is 3.51. The quantitative estimate of drug-likeness (QED) is 0.281. The molecule has 6 N–H and O–H groups in total. The first kappa shape index (κ1) is 8.37. The van der Waals surface area contributed by atoms with Crippen molar-refractivity contribution in [2.24, 2.45) is 5.84 Å². The van der Waals surface area contributed by atoms with E-state index in [1.807, 2.05) is 0 Å². The fraction of sp³-hybridized carbons (Fsp3) is 0.300. The fourth-order valence-electron chi connectivity index (χ4n) is 1.06. The molecule has 0 saturated heterocycles. The molecule has 1 atom stereocenters. The van der Waals surface area contributed by atoms with E-state index in [4.69, 9.17) is 15.1 Å². The highest BCUT2D eigenvalue weighted by Crippen LogP contribution is 2.26. The number of hydrogen-bond donors (Lipinski definition) is 5. The summed E-state index contributed by atoms with van der Waals surface area (Å²) in [6, 6.07) is -1.79. The molecule has 0 heterocycles. The minimum absolute atomic E-state index is 0.192. The highest BCUT2D eigenvalue weighted by atomic mass is 16.4. The van der Waals surface area contributed by atoms with Crippen LogP contribution in [0.5, 0.6) is 11.5 Å². The zero-order chi connectivity index (χ0) is 15.0. The molecule has 1 rings (SSSR count). The molecule has 0 bridgehead atoms. The second-order valence-corrected chi connectivity index (χ2v) is 3.51. The Morgan fingerprint density at radius 1 is 1.56 bits per heavy atom. The van der Waals surface area contributed by atoms with Gasteiger partial charge in [0.15, 0.2) is 11.5 Å². The highest BCUT2D eigenvalue weighted by Gasteiger charge is 2.32. The topological polar surface area (TPSA) is 116 Å². The molecule has 6 nitrogen and oxygen atoms in total. The number of rotatable bonds is 4. The first-order chi connectivity index (χ1) is 8.65. The third-order valence-electron chi connectivity index (χ3n) is 2.15. The van der Waals surface area contributed by atoms with Gasteiger partial charge >= 0.3 is 5.97 Å². The van der Waals surface area contributed by atoms with Crippen molar-refractivity contribution < 1.29 is 24.2 Å². The van der Waals surface area contributed by atoms with Crippen molar-refractivity contribution in [2.45, 2.75) is 18.9 Å². The number of nitrogens with one attached hydrogen (secondary N) is 1. The first-order valence-corrected chi connectivity index (χ1v) is 4.37. The van der Waals surface area contributed by atoms with Gasteiger partial charge in [-0.25, -0.2) is 5.43 Å². The predicted octanol–water partition coefficient (Wildman–Crippen LogP) is -0.0531. The standard InChI is InChI=1S/C10H14N2O4/c1-10(12-11,9(15)16)5-6-2-3-7(13)8(14)4-6/h2-4,12-14H,5,11H2,1H3,(H,15,16)/t10-/m0/s1/i2D,3D,4D. The number of nitrogens with two attached hydrogens (primary N) is 1. The average molecular weight is 229 g/mol. The number of aliphatic carboxylic acids is 1. The van der Waals surface area contributed by atoms with Crippen molar-refractivity contribution >= 4 is 5.97 Å². The zero-order valence-electron chi connectivity index (χ0n) is 11.5. The van der Waals surface area contributed by atoms with Gasteiger partial charge in [0.25, 0.3) is 0 Å². The normalized spacial score (nSPS) is 17.0. The van der Waals surface area contributed by atoms with Gasteiger partial charge in [0, 0.05) is 6.42 Å². The summed E-state index contributed by atoms with van der Waals surface area (Å²) in [5, 5.41) is 27.8. The predicted molar refractivity (Wildman–Crippen MR) is 56.8 cm³/mol. The molecule has 0 aliphatic rings. The molecule has 88 valence electrons. The summed E-state index contributed by atoms with van der Waals surface area (Å²) in [6.45, 7) is 1.24. The number of hydrazine groups is 1. The molecule has 0 spiro atoms. The molecule has 0 aliphatic heterocycles. The van der Waals surface area contributed by atoms with Gasteiger partial charge in [-0.2, -0.15) is 0 Å². The molecular formula is C10H14N2O4. The van der Waals surface area contributed by atoms with Crippen LogP contribution in [-0.4, -0.2) is 26.8 Å². The second kappa shape index (κ2) is 4.38. The third kappa shape index (κ3) is 2.41. The largest absolute Gasteiger partial charge is 0.504 e. The Balaban J connectivity index is 3.41. The van der Waals surface area contributed by atoms with Crippen LogP contribution in [0, 0.1) is 0 Å². The molecule has 0 aliphatic carbocycles. The number of phenols is 2. The number of carbonyl (C=O) groups is 1. The summed E-state index contributed by atoms with van der Waals surface area (Å²) in [6.07, 6.45) is -0.393. The minimum atomic E-state index is -1.67. The SMILES string of the molecule is [2H]c1c([2H])c(C[C@](C)(NN)C(=O)O)c([2H])c(O)c1O. The van der Waals surface area contributed by atoms with Gasteiger partial charge in [-0.15, -0.1) is 0 Å². The van der Waals surface area contributed by atoms with Crippen molar-refractivity contribution in [1.29, 1.82) is 0 Å². The molecule has 0 unspecified atom stereocenters. The molecular weight excluding hydrogens is 212 g/mol. The fourth-order valence-corrected chi connectivity index (χ4v) is 1.06. The van der Waals surface area contributed by atoms with Crippen molar-refractivity contribution in [2.75, 3.05) is 0 Å². The van der Waals surface area contributed by atoms with Gasteiger partial charge in [-0.1, -0.05) is 6.04 Å². The Hall–Kier alpha value is -1.79. The Bertz CT molecular complexity index is 509. The summed E-state index contributed by atoms with van der Waals surface area (Å²) < 4.78 is 22.6. The Morgan fingerprint density at radius 3 is 2.69 bits per heavy atom. The summed E-state index contributed by atoms with van der Waals surface area (Å²) in [4.78, 5) is 11.1. The Kier molecular flexibility index (Phi) is 2.29. The Labute approximate surface area is 96.5 Å². The van der Waals surface area contributed by atoms with Crippen molar-refractivity contribution in [3.05, 3.63) is 23.7 Å². The summed E-state index contributed by atoms with van der Waals surface area (Å²) in [5.41, 5.74) is 0.206. The minimum Gasteiger partial charge on any atom is -0.504 e. The van der Waals surface area contributed by atoms with Crippen LogP contribution in [-0.2, 0) is 11.2 Å². The maximum Gasteiger partial charge on any atom is 0.325 e. The van der Waals surface area contributed by atoms with Gasteiger partial charge in [-0.05, 0) is 24.6 Å². The molecule has 6 heteroatoms. The maximum absolute atomic E-state index is 11.1. The van der Waals surface area contributed by atoms with Crippen LogP contribution in [0.15, 0.2) is 18.1 Å². The zero-order valence-corrected chi connectivity index (χ0v) is 8.53. The van der Waals surface area contributed by atoms with Gasteiger partial charge in [-0.3, -0.25) is 10.6 Å². The van der Waals surface area contributed by atoms with Crippen LogP contribution in [0.1, 0.15) is 16.6 Å². The number of phenolic OH excluding ortho intramolecular Hbond substituents is 2. The molecule has 0 fully saturated rings. The summed E-state index contributed by atoms with van der Waals surface area (Å²) >= 11 is 0. The molecule has 0 amide bonds. The summed E-state index contributed by atoms with van der Waals surface area (Å²) in [7, 11) is 0. The van der Waals surface area contributed by atoms with E-state index in [9.17, 15) is 15.0 Å². The number of carboxylic acids is 1. The molecule has 1 aromatic rings. The number of hydrogen-bond acceptors (Lipinski definition) is 5. The van der Waals surface area contributed by atoms with Crippen LogP contribution in [0.2, 0.25) is 0 Å². The van der Waals surface area contributed by atoms with Crippen LogP contribution in [0.4, 0.5) is 0 Å².